The second-order valence-corrected chi connectivity index (χ2v) is 6.89. The molecular formula is C19H17N3O2S. The predicted octanol–water partition coefficient (Wildman–Crippen LogP) is 4.14. The number of fused-ring (bicyclic) bond motifs is 1. The summed E-state index contributed by atoms with van der Waals surface area (Å²) in [5, 5.41) is 5.25. The van der Waals surface area contributed by atoms with Gasteiger partial charge in [0.15, 0.2) is 0 Å². The lowest BCUT2D eigenvalue weighted by atomic mass is 9.94. The molecule has 4 rings (SSSR count). The van der Waals surface area contributed by atoms with Gasteiger partial charge < -0.3 is 10.1 Å². The van der Waals surface area contributed by atoms with E-state index in [1.165, 1.54) is 16.6 Å². The molecule has 0 saturated heterocycles. The number of carbonyl (C=O) groups excluding carboxylic acids is 1. The van der Waals surface area contributed by atoms with Crippen LogP contribution in [-0.2, 0) is 6.42 Å². The molecule has 1 amide bonds. The number of amides is 1. The van der Waals surface area contributed by atoms with Crippen molar-refractivity contribution in [2.24, 2.45) is 0 Å². The minimum Gasteiger partial charge on any atom is -0.437 e. The second-order valence-electron chi connectivity index (χ2n) is 5.89. The lowest BCUT2D eigenvalue weighted by Gasteiger charge is -2.23. The second kappa shape index (κ2) is 7.03. The molecule has 6 heteroatoms. The van der Waals surface area contributed by atoms with Crippen LogP contribution < -0.4 is 10.1 Å². The number of ether oxygens (including phenoxy) is 1. The number of nitrogens with zero attached hydrogens (tertiary/aromatic N) is 2. The Labute approximate surface area is 149 Å². The highest BCUT2D eigenvalue weighted by Crippen LogP contribution is 2.33. The minimum absolute atomic E-state index is 0.0892. The van der Waals surface area contributed by atoms with E-state index in [1.807, 2.05) is 0 Å². The number of aromatic nitrogens is 2. The molecule has 0 bridgehead atoms. The van der Waals surface area contributed by atoms with Crippen LogP contribution in [0.15, 0.2) is 54.3 Å². The summed E-state index contributed by atoms with van der Waals surface area (Å²) < 4.78 is 5.65. The first kappa shape index (κ1) is 15.8. The quantitative estimate of drug-likeness (QED) is 0.767. The van der Waals surface area contributed by atoms with Gasteiger partial charge in [-0.15, -0.1) is 11.3 Å². The van der Waals surface area contributed by atoms with Crippen LogP contribution in [0.4, 0.5) is 0 Å². The van der Waals surface area contributed by atoms with Crippen molar-refractivity contribution in [3.8, 4) is 11.6 Å². The molecule has 1 aromatic carbocycles. The van der Waals surface area contributed by atoms with Gasteiger partial charge in [-0.1, -0.05) is 6.07 Å². The zero-order valence-corrected chi connectivity index (χ0v) is 14.3. The summed E-state index contributed by atoms with van der Waals surface area (Å²) in [5.41, 5.74) is 1.83. The van der Waals surface area contributed by atoms with E-state index in [1.54, 1.807) is 48.0 Å². The summed E-state index contributed by atoms with van der Waals surface area (Å²) >= 11 is 1.77. The van der Waals surface area contributed by atoms with E-state index in [2.05, 4.69) is 26.7 Å². The van der Waals surface area contributed by atoms with Crippen molar-refractivity contribution in [2.75, 3.05) is 0 Å². The summed E-state index contributed by atoms with van der Waals surface area (Å²) in [4.78, 5) is 22.1. The van der Waals surface area contributed by atoms with E-state index in [-0.39, 0.29) is 11.9 Å². The first-order valence-corrected chi connectivity index (χ1v) is 9.08. The van der Waals surface area contributed by atoms with E-state index in [4.69, 9.17) is 4.74 Å². The van der Waals surface area contributed by atoms with Crippen LogP contribution in [0.3, 0.4) is 0 Å². The minimum atomic E-state index is -0.0892. The molecule has 3 aromatic rings. The highest BCUT2D eigenvalue weighted by Gasteiger charge is 2.23. The molecule has 1 aliphatic rings. The van der Waals surface area contributed by atoms with Crippen LogP contribution in [0.2, 0.25) is 0 Å². The fourth-order valence-electron chi connectivity index (χ4n) is 3.04. The van der Waals surface area contributed by atoms with Crippen LogP contribution in [0.25, 0.3) is 0 Å². The molecule has 1 N–H and O–H groups in total. The molecule has 126 valence electrons. The number of benzene rings is 1. The molecular weight excluding hydrogens is 334 g/mol. The highest BCUT2D eigenvalue weighted by molar-refractivity contribution is 7.10. The molecule has 0 fully saturated rings. The summed E-state index contributed by atoms with van der Waals surface area (Å²) in [7, 11) is 0. The Morgan fingerprint density at radius 3 is 3.12 bits per heavy atom. The van der Waals surface area contributed by atoms with Gasteiger partial charge in [-0.2, -0.15) is 0 Å². The van der Waals surface area contributed by atoms with Crippen molar-refractivity contribution in [2.45, 2.75) is 25.3 Å². The number of aryl methyl sites for hydroxylation is 1. The maximum Gasteiger partial charge on any atom is 0.251 e. The van der Waals surface area contributed by atoms with Gasteiger partial charge in [0, 0.05) is 22.8 Å². The Hall–Kier alpha value is -2.73. The molecule has 2 aromatic heterocycles. The van der Waals surface area contributed by atoms with Gasteiger partial charge in [0.25, 0.3) is 5.91 Å². The molecule has 5 nitrogen and oxygen atoms in total. The van der Waals surface area contributed by atoms with E-state index in [9.17, 15) is 4.79 Å². The molecule has 0 aliphatic heterocycles. The third-order valence-electron chi connectivity index (χ3n) is 4.22. The van der Waals surface area contributed by atoms with Gasteiger partial charge in [0.05, 0.1) is 12.2 Å². The SMILES string of the molecule is O=C(NC1CCCc2sccc21)c1cccc(Oc2cnccn2)c1. The molecule has 2 heterocycles. The Balaban J connectivity index is 1.49. The molecule has 0 spiro atoms. The van der Waals surface area contributed by atoms with Crippen molar-refractivity contribution in [1.29, 1.82) is 0 Å². The van der Waals surface area contributed by atoms with Crippen LogP contribution in [0, 0.1) is 0 Å². The number of hydrogen-bond donors (Lipinski definition) is 1. The first-order chi connectivity index (χ1) is 12.3. The topological polar surface area (TPSA) is 64.1 Å². The molecule has 1 aliphatic carbocycles. The smallest absolute Gasteiger partial charge is 0.251 e. The van der Waals surface area contributed by atoms with Crippen LogP contribution in [0.1, 0.15) is 39.7 Å². The third kappa shape index (κ3) is 3.53. The lowest BCUT2D eigenvalue weighted by molar-refractivity contribution is 0.0932. The van der Waals surface area contributed by atoms with E-state index >= 15 is 0 Å². The van der Waals surface area contributed by atoms with Gasteiger partial charge in [-0.05, 0) is 54.5 Å². The summed E-state index contributed by atoms with van der Waals surface area (Å²) in [6, 6.07) is 9.32. The number of nitrogens with one attached hydrogen (secondary N) is 1. The number of rotatable bonds is 4. The standard InChI is InChI=1S/C19H17N3O2S/c23-19(22-16-5-2-6-17-15(16)7-10-25-17)13-3-1-4-14(11-13)24-18-12-20-8-9-21-18/h1,3-4,7-12,16H,2,5-6H2,(H,22,23). The van der Waals surface area contributed by atoms with Gasteiger partial charge in [-0.25, -0.2) is 4.98 Å². The highest BCUT2D eigenvalue weighted by atomic mass is 32.1. The summed E-state index contributed by atoms with van der Waals surface area (Å²) in [5.74, 6) is 0.872. The van der Waals surface area contributed by atoms with Gasteiger partial charge in [0.1, 0.15) is 5.75 Å². The van der Waals surface area contributed by atoms with Crippen molar-refractivity contribution < 1.29 is 9.53 Å². The molecule has 0 saturated carbocycles. The van der Waals surface area contributed by atoms with Crippen LogP contribution in [-0.4, -0.2) is 15.9 Å². The Bertz CT molecular complexity index is 879. The van der Waals surface area contributed by atoms with Crippen LogP contribution >= 0.6 is 11.3 Å². The first-order valence-electron chi connectivity index (χ1n) is 8.20. The molecule has 25 heavy (non-hydrogen) atoms. The zero-order valence-electron chi connectivity index (χ0n) is 13.5. The Morgan fingerprint density at radius 2 is 2.24 bits per heavy atom. The van der Waals surface area contributed by atoms with Crippen molar-refractivity contribution >= 4 is 17.2 Å². The maximum atomic E-state index is 12.7. The lowest BCUT2D eigenvalue weighted by Crippen LogP contribution is -2.30. The summed E-state index contributed by atoms with van der Waals surface area (Å²) in [6.45, 7) is 0. The van der Waals surface area contributed by atoms with Crippen molar-refractivity contribution in [1.82, 2.24) is 15.3 Å². The largest absolute Gasteiger partial charge is 0.437 e. The van der Waals surface area contributed by atoms with Crippen molar-refractivity contribution in [3.63, 3.8) is 0 Å². The van der Waals surface area contributed by atoms with Gasteiger partial charge >= 0.3 is 0 Å². The van der Waals surface area contributed by atoms with Crippen molar-refractivity contribution in [3.05, 3.63) is 70.3 Å². The number of carbonyl (C=O) groups is 1. The average molecular weight is 351 g/mol. The molecule has 1 unspecified atom stereocenters. The fraction of sp³-hybridized carbons (Fsp3) is 0.211. The maximum absolute atomic E-state index is 12.7. The van der Waals surface area contributed by atoms with E-state index in [0.29, 0.717) is 17.2 Å². The van der Waals surface area contributed by atoms with Gasteiger partial charge in [-0.3, -0.25) is 9.78 Å². The summed E-state index contributed by atoms with van der Waals surface area (Å²) in [6.07, 6.45) is 7.88. The average Bonchev–Trinajstić information content (AvgIpc) is 3.13. The van der Waals surface area contributed by atoms with E-state index < -0.39 is 0 Å². The van der Waals surface area contributed by atoms with Gasteiger partial charge in [0.2, 0.25) is 5.88 Å². The Kier molecular flexibility index (Phi) is 4.43. The fourth-order valence-corrected chi connectivity index (χ4v) is 4.03. The Morgan fingerprint density at radius 1 is 1.28 bits per heavy atom. The third-order valence-corrected chi connectivity index (χ3v) is 5.21. The van der Waals surface area contributed by atoms with E-state index in [0.717, 1.165) is 19.3 Å². The number of hydrogen-bond acceptors (Lipinski definition) is 5. The zero-order chi connectivity index (χ0) is 17.1. The number of thiophene rings is 1. The van der Waals surface area contributed by atoms with Crippen LogP contribution in [0.5, 0.6) is 11.6 Å². The predicted molar refractivity (Wildman–Crippen MR) is 96.0 cm³/mol. The monoisotopic (exact) mass is 351 g/mol. The molecule has 0 radical (unpaired) electrons. The molecule has 1 atom stereocenters. The normalized spacial score (nSPS) is 16.1.